The van der Waals surface area contributed by atoms with Gasteiger partial charge in [0.2, 0.25) is 0 Å². The van der Waals surface area contributed by atoms with Gasteiger partial charge in [0, 0.05) is 24.9 Å². The Bertz CT molecular complexity index is 577. The number of nitrogens with zero attached hydrogens (tertiary/aromatic N) is 2. The second-order valence-corrected chi connectivity index (χ2v) is 6.10. The Morgan fingerprint density at radius 1 is 1.33 bits per heavy atom. The number of hydrogen-bond donors (Lipinski definition) is 1. The summed E-state index contributed by atoms with van der Waals surface area (Å²) in [4.78, 5) is 2.11. The number of rotatable bonds is 1. The van der Waals surface area contributed by atoms with Crippen molar-refractivity contribution in [3.8, 4) is 5.75 Å². The molecule has 1 atom stereocenters. The van der Waals surface area contributed by atoms with E-state index in [0.29, 0.717) is 10.0 Å². The van der Waals surface area contributed by atoms with E-state index in [1.807, 2.05) is 6.92 Å². The van der Waals surface area contributed by atoms with Crippen molar-refractivity contribution in [2.45, 2.75) is 38.7 Å². The molecular formula is C14H18Cl3N3O. The van der Waals surface area contributed by atoms with Crippen molar-refractivity contribution in [1.29, 1.82) is 0 Å². The maximum Gasteiger partial charge on any atom is 0.143 e. The molecule has 0 radical (unpaired) electrons. The number of benzene rings is 1. The molecule has 2 aliphatic rings. The largest absolute Gasteiger partial charge is 0.488 e. The molecule has 2 aliphatic heterocycles. The summed E-state index contributed by atoms with van der Waals surface area (Å²) in [7, 11) is 0. The maximum absolute atomic E-state index is 6.44. The van der Waals surface area contributed by atoms with Gasteiger partial charge in [0.15, 0.2) is 0 Å². The molecule has 0 spiro atoms. The monoisotopic (exact) mass is 349 g/mol. The second kappa shape index (κ2) is 6.51. The van der Waals surface area contributed by atoms with Crippen LogP contribution in [0.3, 0.4) is 0 Å². The number of ether oxygens (including phenoxy) is 1. The highest BCUT2D eigenvalue weighted by Gasteiger charge is 2.31. The lowest BCUT2D eigenvalue weighted by Crippen LogP contribution is -2.37. The summed E-state index contributed by atoms with van der Waals surface area (Å²) < 4.78 is 5.80. The lowest BCUT2D eigenvalue weighted by Gasteiger charge is -2.31. The summed E-state index contributed by atoms with van der Waals surface area (Å²) >= 11 is 12.7. The number of hydrogen-bond acceptors (Lipinski definition) is 3. The van der Waals surface area contributed by atoms with Crippen molar-refractivity contribution >= 4 is 47.1 Å². The molecule has 0 bridgehead atoms. The first-order chi connectivity index (χ1) is 9.61. The van der Waals surface area contributed by atoms with Crippen LogP contribution in [0.25, 0.3) is 0 Å². The third-order valence-electron chi connectivity index (χ3n) is 3.83. The second-order valence-electron chi connectivity index (χ2n) is 5.28. The normalized spacial score (nSPS) is 22.7. The molecule has 1 fully saturated rings. The third kappa shape index (κ3) is 2.89. The number of piperidine rings is 1. The molecule has 0 aliphatic carbocycles. The molecule has 4 nitrogen and oxygen atoms in total. The first kappa shape index (κ1) is 16.5. The molecule has 0 aromatic heterocycles. The van der Waals surface area contributed by atoms with E-state index in [0.717, 1.165) is 55.1 Å². The number of anilines is 1. The van der Waals surface area contributed by atoms with Crippen LogP contribution in [-0.2, 0) is 6.42 Å². The van der Waals surface area contributed by atoms with Crippen LogP contribution in [0.2, 0.25) is 10.0 Å². The first-order valence-corrected chi connectivity index (χ1v) is 7.59. The molecule has 2 heterocycles. The highest BCUT2D eigenvalue weighted by atomic mass is 35.5. The molecule has 1 saturated heterocycles. The lowest BCUT2D eigenvalue weighted by atomic mass is 10.0. The molecule has 7 heteroatoms. The van der Waals surface area contributed by atoms with Crippen molar-refractivity contribution in [3.63, 3.8) is 0 Å². The van der Waals surface area contributed by atoms with E-state index in [-0.39, 0.29) is 18.5 Å². The molecule has 0 saturated carbocycles. The van der Waals surface area contributed by atoms with Crippen molar-refractivity contribution in [2.24, 2.45) is 10.9 Å². The van der Waals surface area contributed by atoms with Crippen molar-refractivity contribution in [3.05, 3.63) is 21.7 Å². The minimum atomic E-state index is 0. The Kier molecular flexibility index (Phi) is 5.12. The fraction of sp³-hybridized carbons (Fsp3) is 0.500. The average Bonchev–Trinajstić information content (AvgIpc) is 2.81. The van der Waals surface area contributed by atoms with Gasteiger partial charge in [0.05, 0.1) is 15.7 Å². The van der Waals surface area contributed by atoms with Crippen molar-refractivity contribution in [2.75, 3.05) is 11.4 Å². The molecule has 1 aromatic rings. The molecule has 1 aromatic carbocycles. The van der Waals surface area contributed by atoms with E-state index >= 15 is 0 Å². The summed E-state index contributed by atoms with van der Waals surface area (Å²) in [5.41, 5.74) is 2.03. The van der Waals surface area contributed by atoms with E-state index in [4.69, 9.17) is 33.8 Å². The molecule has 1 unspecified atom stereocenters. The predicted molar refractivity (Wildman–Crippen MR) is 90.3 cm³/mol. The molecule has 0 amide bonds. The van der Waals surface area contributed by atoms with Gasteiger partial charge >= 0.3 is 0 Å². The number of nitrogens with two attached hydrogens (primary N) is 1. The van der Waals surface area contributed by atoms with Gasteiger partial charge in [-0.1, -0.05) is 23.2 Å². The zero-order valence-corrected chi connectivity index (χ0v) is 14.1. The molecule has 3 rings (SSSR count). The standard InChI is InChI=1S/C14H17Cl2N3O.ClH/c1-8-6-9-13(10(15)7-11(16)14(9)20-8)19-5-3-2-4-12(19)18-17;/h7-8H,2-6,17H2,1H3;1H/b18-12+;. The number of amidine groups is 1. The van der Waals surface area contributed by atoms with Gasteiger partial charge in [-0.05, 0) is 25.8 Å². The summed E-state index contributed by atoms with van der Waals surface area (Å²) in [6.07, 6.45) is 4.00. The Hall–Kier alpha value is -0.840. The van der Waals surface area contributed by atoms with Crippen LogP contribution in [-0.4, -0.2) is 18.5 Å². The smallest absolute Gasteiger partial charge is 0.143 e. The van der Waals surface area contributed by atoms with E-state index in [9.17, 15) is 0 Å². The Labute approximate surface area is 140 Å². The molecule has 116 valence electrons. The molecular weight excluding hydrogens is 333 g/mol. The minimum Gasteiger partial charge on any atom is -0.488 e. The Balaban J connectivity index is 0.00000161. The van der Waals surface area contributed by atoms with Crippen LogP contribution >= 0.6 is 35.6 Å². The van der Waals surface area contributed by atoms with Crippen LogP contribution < -0.4 is 15.5 Å². The Morgan fingerprint density at radius 2 is 2.10 bits per heavy atom. The summed E-state index contributed by atoms with van der Waals surface area (Å²) in [6.45, 7) is 2.90. The quantitative estimate of drug-likeness (QED) is 0.615. The van der Waals surface area contributed by atoms with Gasteiger partial charge in [-0.2, -0.15) is 5.10 Å². The third-order valence-corrected chi connectivity index (χ3v) is 4.40. The van der Waals surface area contributed by atoms with Crippen LogP contribution in [0.15, 0.2) is 11.2 Å². The van der Waals surface area contributed by atoms with E-state index in [1.54, 1.807) is 6.07 Å². The zero-order chi connectivity index (χ0) is 14.3. The van der Waals surface area contributed by atoms with Crippen LogP contribution in [0.1, 0.15) is 31.7 Å². The molecule has 21 heavy (non-hydrogen) atoms. The summed E-state index contributed by atoms with van der Waals surface area (Å²) in [5.74, 6) is 7.16. The highest BCUT2D eigenvalue weighted by Crippen LogP contribution is 2.46. The van der Waals surface area contributed by atoms with Gasteiger partial charge in [0.25, 0.3) is 0 Å². The highest BCUT2D eigenvalue weighted by molar-refractivity contribution is 6.38. The van der Waals surface area contributed by atoms with Gasteiger partial charge < -0.3 is 15.5 Å². The van der Waals surface area contributed by atoms with E-state index < -0.39 is 0 Å². The van der Waals surface area contributed by atoms with Crippen molar-refractivity contribution in [1.82, 2.24) is 0 Å². The topological polar surface area (TPSA) is 50.8 Å². The lowest BCUT2D eigenvalue weighted by molar-refractivity contribution is 0.255. The fourth-order valence-corrected chi connectivity index (χ4v) is 3.62. The first-order valence-electron chi connectivity index (χ1n) is 6.83. The Morgan fingerprint density at radius 3 is 2.81 bits per heavy atom. The van der Waals surface area contributed by atoms with Crippen molar-refractivity contribution < 1.29 is 4.74 Å². The van der Waals surface area contributed by atoms with Gasteiger partial charge in [-0.25, -0.2) is 0 Å². The van der Waals surface area contributed by atoms with Crippen LogP contribution in [0.4, 0.5) is 5.69 Å². The van der Waals surface area contributed by atoms with Crippen LogP contribution in [0.5, 0.6) is 5.75 Å². The van der Waals surface area contributed by atoms with E-state index in [1.165, 1.54) is 0 Å². The van der Waals surface area contributed by atoms with E-state index in [2.05, 4.69) is 10.0 Å². The number of fused-ring (bicyclic) bond motifs is 1. The molecule has 2 N–H and O–H groups in total. The fourth-order valence-electron chi connectivity index (χ4n) is 2.97. The van der Waals surface area contributed by atoms with Gasteiger partial charge in [0.1, 0.15) is 17.7 Å². The zero-order valence-electron chi connectivity index (χ0n) is 11.7. The van der Waals surface area contributed by atoms with Gasteiger partial charge in [-0.15, -0.1) is 12.4 Å². The predicted octanol–water partition coefficient (Wildman–Crippen LogP) is 4.00. The number of hydrazone groups is 1. The maximum atomic E-state index is 6.44. The minimum absolute atomic E-state index is 0. The number of halogens is 3. The van der Waals surface area contributed by atoms with Gasteiger partial charge in [-0.3, -0.25) is 0 Å². The SMILES string of the molecule is CC1Cc2c(c(Cl)cc(Cl)c2N2CCCC/C2=N\N)O1.Cl. The summed E-state index contributed by atoms with van der Waals surface area (Å²) in [5, 5.41) is 5.13. The average molecular weight is 351 g/mol. The van der Waals surface area contributed by atoms with Crippen LogP contribution in [0, 0.1) is 0 Å². The summed E-state index contributed by atoms with van der Waals surface area (Å²) in [6, 6.07) is 1.75.